The second-order valence-corrected chi connectivity index (χ2v) is 7.88. The fraction of sp³-hybridized carbons (Fsp3) is 0.273. The lowest BCUT2D eigenvalue weighted by atomic mass is 9.81. The molecule has 2 aliphatic carbocycles. The van der Waals surface area contributed by atoms with Gasteiger partial charge >= 0.3 is 0 Å². The zero-order valence-corrected chi connectivity index (χ0v) is 16.3. The van der Waals surface area contributed by atoms with Crippen LogP contribution in [0.2, 0.25) is 0 Å². The lowest BCUT2D eigenvalue weighted by molar-refractivity contribution is 0.0977. The minimum atomic E-state index is -0.765. The number of hydrogen-bond acceptors (Lipinski definition) is 8. The number of anilines is 1. The Morgan fingerprint density at radius 2 is 1.53 bits per heavy atom. The molecular weight excluding hydrogens is 382 g/mol. The Kier molecular flexibility index (Phi) is 3.92. The molecule has 1 fully saturated rings. The van der Waals surface area contributed by atoms with E-state index >= 15 is 0 Å². The van der Waals surface area contributed by atoms with E-state index in [1.54, 1.807) is 35.2 Å². The van der Waals surface area contributed by atoms with Crippen molar-refractivity contribution in [3.05, 3.63) is 58.7 Å². The highest BCUT2D eigenvalue weighted by molar-refractivity contribution is 6.31. The van der Waals surface area contributed by atoms with E-state index in [0.717, 1.165) is 19.3 Å². The third-order valence-corrected chi connectivity index (χ3v) is 6.12. The maximum absolute atomic E-state index is 13.5. The Bertz CT molecular complexity index is 1160. The number of aromatic hydroxyl groups is 1. The molecular formula is C22H21N5O3. The second-order valence-electron chi connectivity index (χ2n) is 7.88. The zero-order chi connectivity index (χ0) is 21.0. The van der Waals surface area contributed by atoms with Gasteiger partial charge in [0, 0.05) is 11.1 Å². The van der Waals surface area contributed by atoms with Crippen LogP contribution in [0.15, 0.2) is 46.4 Å². The van der Waals surface area contributed by atoms with Crippen molar-refractivity contribution in [3.8, 4) is 5.75 Å². The fourth-order valence-electron chi connectivity index (χ4n) is 4.85. The van der Waals surface area contributed by atoms with E-state index in [9.17, 15) is 14.7 Å². The Labute approximate surface area is 172 Å². The van der Waals surface area contributed by atoms with Gasteiger partial charge in [0.1, 0.15) is 11.4 Å². The zero-order valence-electron chi connectivity index (χ0n) is 16.3. The summed E-state index contributed by atoms with van der Waals surface area (Å²) in [5.74, 6) is -0.752. The van der Waals surface area contributed by atoms with Crippen LogP contribution in [0.3, 0.4) is 0 Å². The van der Waals surface area contributed by atoms with Crippen molar-refractivity contribution in [1.29, 1.82) is 0 Å². The molecule has 1 saturated carbocycles. The van der Waals surface area contributed by atoms with Crippen LogP contribution in [0, 0.1) is 0 Å². The molecule has 8 heteroatoms. The van der Waals surface area contributed by atoms with Gasteiger partial charge in [-0.2, -0.15) is 4.99 Å². The molecule has 0 radical (unpaired) electrons. The number of aliphatic imine (C=N–C) groups is 2. The summed E-state index contributed by atoms with van der Waals surface area (Å²) < 4.78 is 0. The first-order valence-electron chi connectivity index (χ1n) is 9.97. The molecule has 0 bridgehead atoms. The van der Waals surface area contributed by atoms with Gasteiger partial charge in [-0.05, 0) is 37.8 Å². The highest BCUT2D eigenvalue weighted by Gasteiger charge is 2.45. The van der Waals surface area contributed by atoms with Crippen LogP contribution in [0.25, 0.3) is 0 Å². The predicted molar refractivity (Wildman–Crippen MR) is 113 cm³/mol. The summed E-state index contributed by atoms with van der Waals surface area (Å²) in [6.45, 7) is 0. The molecule has 2 aromatic carbocycles. The number of guanidine groups is 2. The largest absolute Gasteiger partial charge is 0.507 e. The Morgan fingerprint density at radius 3 is 2.20 bits per heavy atom. The number of benzene rings is 2. The van der Waals surface area contributed by atoms with Gasteiger partial charge in [-0.15, -0.1) is 0 Å². The standard InChI is InChI=1S/C22H21N5O3/c23-20-25-21(24)27(22(26-20)10-4-1-5-11-22)14-8-9-15(28)17-16(14)18(29)12-6-2-3-7-13(12)19(17)30/h2-3,6-9,28H,1,4-5,10-11H2,(H4,23,24,25,26). The van der Waals surface area contributed by atoms with Crippen LogP contribution in [0.4, 0.5) is 5.69 Å². The smallest absolute Gasteiger partial charge is 0.220 e. The first-order valence-corrected chi connectivity index (χ1v) is 9.97. The van der Waals surface area contributed by atoms with E-state index < -0.39 is 11.4 Å². The molecule has 0 saturated heterocycles. The molecule has 5 N–H and O–H groups in total. The van der Waals surface area contributed by atoms with Gasteiger partial charge in [0.2, 0.25) is 11.9 Å². The minimum Gasteiger partial charge on any atom is -0.507 e. The summed E-state index contributed by atoms with van der Waals surface area (Å²) >= 11 is 0. The van der Waals surface area contributed by atoms with Gasteiger partial charge < -0.3 is 16.6 Å². The molecule has 3 aliphatic rings. The maximum Gasteiger partial charge on any atom is 0.220 e. The van der Waals surface area contributed by atoms with E-state index in [0.29, 0.717) is 24.1 Å². The molecule has 30 heavy (non-hydrogen) atoms. The van der Waals surface area contributed by atoms with Gasteiger partial charge in [0.15, 0.2) is 11.6 Å². The van der Waals surface area contributed by atoms with E-state index in [1.807, 2.05) is 0 Å². The molecule has 1 aliphatic heterocycles. The number of nitrogens with zero attached hydrogens (tertiary/aromatic N) is 3. The number of hydrogen-bond donors (Lipinski definition) is 3. The first-order chi connectivity index (χ1) is 14.4. The summed E-state index contributed by atoms with van der Waals surface area (Å²) in [6, 6.07) is 9.63. The van der Waals surface area contributed by atoms with Crippen LogP contribution < -0.4 is 16.4 Å². The third-order valence-electron chi connectivity index (χ3n) is 6.12. The van der Waals surface area contributed by atoms with Crippen molar-refractivity contribution in [3.63, 3.8) is 0 Å². The highest BCUT2D eigenvalue weighted by atomic mass is 16.3. The van der Waals surface area contributed by atoms with Gasteiger partial charge in [-0.1, -0.05) is 30.7 Å². The van der Waals surface area contributed by atoms with Crippen molar-refractivity contribution in [2.45, 2.75) is 37.8 Å². The van der Waals surface area contributed by atoms with E-state index in [2.05, 4.69) is 9.98 Å². The van der Waals surface area contributed by atoms with Crippen LogP contribution >= 0.6 is 0 Å². The number of phenolic OH excluding ortho intramolecular Hbond substituents is 1. The predicted octanol–water partition coefficient (Wildman–Crippen LogP) is 2.28. The van der Waals surface area contributed by atoms with E-state index in [4.69, 9.17) is 11.5 Å². The van der Waals surface area contributed by atoms with Crippen molar-refractivity contribution < 1.29 is 14.7 Å². The van der Waals surface area contributed by atoms with Gasteiger partial charge in [0.25, 0.3) is 0 Å². The van der Waals surface area contributed by atoms with Crippen molar-refractivity contribution in [1.82, 2.24) is 0 Å². The summed E-state index contributed by atoms with van der Waals surface area (Å²) in [4.78, 5) is 37.1. The summed E-state index contributed by atoms with van der Waals surface area (Å²) in [5, 5.41) is 10.5. The van der Waals surface area contributed by atoms with E-state index in [1.165, 1.54) is 6.07 Å². The molecule has 8 nitrogen and oxygen atoms in total. The number of carbonyl (C=O) groups excluding carboxylic acids is 2. The summed E-state index contributed by atoms with van der Waals surface area (Å²) in [6.07, 6.45) is 4.31. The number of ketones is 2. The topological polar surface area (TPSA) is 134 Å². The average molecular weight is 403 g/mol. The number of nitrogens with two attached hydrogens (primary N) is 2. The van der Waals surface area contributed by atoms with E-state index in [-0.39, 0.29) is 40.1 Å². The van der Waals surface area contributed by atoms with Crippen LogP contribution in [-0.2, 0) is 0 Å². The lowest BCUT2D eigenvalue weighted by Gasteiger charge is -2.46. The molecule has 0 atom stereocenters. The normalized spacial score (nSPS) is 19.8. The number of rotatable bonds is 1. The second kappa shape index (κ2) is 6.41. The third kappa shape index (κ3) is 2.46. The van der Waals surface area contributed by atoms with Gasteiger partial charge in [-0.3, -0.25) is 14.5 Å². The molecule has 2 aromatic rings. The number of fused-ring (bicyclic) bond motifs is 2. The van der Waals surface area contributed by atoms with Gasteiger partial charge in [0.05, 0.1) is 16.8 Å². The lowest BCUT2D eigenvalue weighted by Crippen LogP contribution is -2.58. The van der Waals surface area contributed by atoms with Crippen molar-refractivity contribution in [2.24, 2.45) is 21.5 Å². The minimum absolute atomic E-state index is 0.0162. The number of carbonyl (C=O) groups is 2. The SMILES string of the molecule is NC1=NC2(CCCCC2)N(c2ccc(O)c3c2C(=O)c2ccccc2C3=O)C(N)=N1. The first kappa shape index (κ1) is 18.4. The molecule has 1 spiro atoms. The Morgan fingerprint density at radius 1 is 0.900 bits per heavy atom. The van der Waals surface area contributed by atoms with Crippen LogP contribution in [0.5, 0.6) is 5.75 Å². The quantitative estimate of drug-likeness (QED) is 0.571. The Hall–Kier alpha value is -3.68. The average Bonchev–Trinajstić information content (AvgIpc) is 2.73. The summed E-state index contributed by atoms with van der Waals surface area (Å²) in [5.41, 5.74) is 12.6. The number of phenols is 1. The molecule has 0 amide bonds. The molecule has 1 heterocycles. The molecule has 5 rings (SSSR count). The molecule has 0 aromatic heterocycles. The highest BCUT2D eigenvalue weighted by Crippen LogP contribution is 2.44. The fourth-order valence-corrected chi connectivity index (χ4v) is 4.85. The Balaban J connectivity index is 1.76. The maximum atomic E-state index is 13.5. The van der Waals surface area contributed by atoms with Crippen LogP contribution in [-0.4, -0.2) is 34.3 Å². The summed E-state index contributed by atoms with van der Waals surface area (Å²) in [7, 11) is 0. The van der Waals surface area contributed by atoms with Gasteiger partial charge in [-0.25, -0.2) is 4.99 Å². The van der Waals surface area contributed by atoms with Crippen molar-refractivity contribution in [2.75, 3.05) is 4.90 Å². The van der Waals surface area contributed by atoms with Crippen molar-refractivity contribution >= 4 is 29.2 Å². The monoisotopic (exact) mass is 403 g/mol. The molecule has 0 unspecified atom stereocenters. The molecule has 152 valence electrons. The van der Waals surface area contributed by atoms with Crippen LogP contribution in [0.1, 0.15) is 63.9 Å².